The molecule has 1 N–H and O–H groups in total. The number of nitrogens with one attached hydrogen (secondary N) is 1. The van der Waals surface area contributed by atoms with Gasteiger partial charge in [0.1, 0.15) is 12.3 Å². The molecule has 0 atom stereocenters. The van der Waals surface area contributed by atoms with Crippen molar-refractivity contribution in [2.45, 2.75) is 33.2 Å². The number of pyridine rings is 2. The molecule has 29 heavy (non-hydrogen) atoms. The fourth-order valence-corrected chi connectivity index (χ4v) is 2.85. The number of carbonyl (C=O) groups is 1. The van der Waals surface area contributed by atoms with Crippen LogP contribution in [-0.2, 0) is 17.9 Å². The van der Waals surface area contributed by atoms with Crippen molar-refractivity contribution in [1.82, 2.24) is 25.1 Å². The van der Waals surface area contributed by atoms with E-state index in [1.807, 2.05) is 13.0 Å². The van der Waals surface area contributed by atoms with E-state index in [1.165, 1.54) is 6.20 Å². The summed E-state index contributed by atoms with van der Waals surface area (Å²) in [6.07, 6.45) is 0.487. The molecule has 3 aromatic rings. The number of halogens is 3. The number of hydrogen-bond acceptors (Lipinski definition) is 5. The third-order valence-electron chi connectivity index (χ3n) is 4.13. The van der Waals surface area contributed by atoms with Gasteiger partial charge in [0.2, 0.25) is 0 Å². The van der Waals surface area contributed by atoms with E-state index in [4.69, 9.17) is 0 Å². The molecule has 0 radical (unpaired) electrons. The number of alkyl halides is 3. The molecular formula is C19H20F3N5O2. The summed E-state index contributed by atoms with van der Waals surface area (Å²) >= 11 is 0. The summed E-state index contributed by atoms with van der Waals surface area (Å²) in [7, 11) is 0. The first-order chi connectivity index (χ1) is 13.8. The van der Waals surface area contributed by atoms with Crippen molar-refractivity contribution in [2.24, 2.45) is 0 Å². The molecule has 0 aromatic carbocycles. The van der Waals surface area contributed by atoms with Gasteiger partial charge in [-0.3, -0.25) is 19.4 Å². The van der Waals surface area contributed by atoms with Gasteiger partial charge in [0.15, 0.2) is 0 Å². The lowest BCUT2D eigenvalue weighted by molar-refractivity contribution is -0.176. The van der Waals surface area contributed by atoms with Gasteiger partial charge in [0.05, 0.1) is 29.7 Å². The Balaban J connectivity index is 1.74. The minimum absolute atomic E-state index is 0.209. The van der Waals surface area contributed by atoms with Crippen molar-refractivity contribution in [3.05, 3.63) is 53.2 Å². The number of aromatic nitrogens is 4. The second-order valence-electron chi connectivity index (χ2n) is 6.49. The first-order valence-electron chi connectivity index (χ1n) is 8.96. The van der Waals surface area contributed by atoms with Crippen LogP contribution in [0.3, 0.4) is 0 Å². The SMILES string of the molecule is CCNC(=O)c1nccc2nn(Cc3cnc(COCC(F)(F)F)c(C)c3)cc12. The van der Waals surface area contributed by atoms with Gasteiger partial charge < -0.3 is 10.1 Å². The van der Waals surface area contributed by atoms with Crippen molar-refractivity contribution < 1.29 is 22.7 Å². The smallest absolute Gasteiger partial charge is 0.366 e. The van der Waals surface area contributed by atoms with Gasteiger partial charge in [-0.2, -0.15) is 18.3 Å². The maximum absolute atomic E-state index is 12.2. The van der Waals surface area contributed by atoms with E-state index in [1.54, 1.807) is 30.1 Å². The van der Waals surface area contributed by atoms with Crippen molar-refractivity contribution >= 4 is 16.8 Å². The minimum atomic E-state index is -4.36. The highest BCUT2D eigenvalue weighted by molar-refractivity contribution is 6.04. The molecule has 0 aliphatic heterocycles. The van der Waals surface area contributed by atoms with Gasteiger partial charge >= 0.3 is 6.18 Å². The van der Waals surface area contributed by atoms with Crippen LogP contribution in [0.15, 0.2) is 30.7 Å². The Morgan fingerprint density at radius 2 is 2.10 bits per heavy atom. The molecule has 0 saturated heterocycles. The normalized spacial score (nSPS) is 11.8. The quantitative estimate of drug-likeness (QED) is 0.651. The lowest BCUT2D eigenvalue weighted by Crippen LogP contribution is -2.23. The van der Waals surface area contributed by atoms with E-state index in [2.05, 4.69) is 25.1 Å². The number of amides is 1. The van der Waals surface area contributed by atoms with Crippen LogP contribution in [0.4, 0.5) is 13.2 Å². The first kappa shape index (κ1) is 20.7. The van der Waals surface area contributed by atoms with Crippen molar-refractivity contribution in [3.63, 3.8) is 0 Å². The molecule has 10 heteroatoms. The fraction of sp³-hybridized carbons (Fsp3) is 0.368. The summed E-state index contributed by atoms with van der Waals surface area (Å²) < 4.78 is 42.9. The lowest BCUT2D eigenvalue weighted by atomic mass is 10.1. The molecule has 7 nitrogen and oxygen atoms in total. The highest BCUT2D eigenvalue weighted by Gasteiger charge is 2.27. The average Bonchev–Trinajstić information content (AvgIpc) is 3.05. The van der Waals surface area contributed by atoms with Crippen LogP contribution >= 0.6 is 0 Å². The third-order valence-corrected chi connectivity index (χ3v) is 4.13. The Hall–Kier alpha value is -3.01. The van der Waals surface area contributed by atoms with E-state index >= 15 is 0 Å². The Morgan fingerprint density at radius 1 is 1.31 bits per heavy atom. The van der Waals surface area contributed by atoms with Crippen LogP contribution in [0.5, 0.6) is 0 Å². The summed E-state index contributed by atoms with van der Waals surface area (Å²) in [4.78, 5) is 20.5. The van der Waals surface area contributed by atoms with Gasteiger partial charge in [-0.1, -0.05) is 6.07 Å². The van der Waals surface area contributed by atoms with E-state index in [0.29, 0.717) is 35.4 Å². The molecule has 3 heterocycles. The van der Waals surface area contributed by atoms with Gasteiger partial charge in [-0.25, -0.2) is 0 Å². The average molecular weight is 407 g/mol. The number of hydrogen-bond donors (Lipinski definition) is 1. The zero-order valence-electron chi connectivity index (χ0n) is 16.0. The third kappa shape index (κ3) is 5.29. The highest BCUT2D eigenvalue weighted by Crippen LogP contribution is 2.18. The maximum atomic E-state index is 12.2. The number of rotatable bonds is 7. The van der Waals surface area contributed by atoms with Crippen molar-refractivity contribution in [3.8, 4) is 0 Å². The van der Waals surface area contributed by atoms with Gasteiger partial charge in [0, 0.05) is 25.1 Å². The van der Waals surface area contributed by atoms with Crippen LogP contribution in [0.25, 0.3) is 10.9 Å². The Bertz CT molecular complexity index is 1020. The zero-order chi connectivity index (χ0) is 21.0. The largest absolute Gasteiger partial charge is 0.411 e. The molecule has 3 rings (SSSR count). The monoisotopic (exact) mass is 407 g/mol. The van der Waals surface area contributed by atoms with Crippen LogP contribution in [0.2, 0.25) is 0 Å². The van der Waals surface area contributed by atoms with Gasteiger partial charge in [-0.15, -0.1) is 0 Å². The number of ether oxygens (including phenoxy) is 1. The van der Waals surface area contributed by atoms with E-state index in [9.17, 15) is 18.0 Å². The summed E-state index contributed by atoms with van der Waals surface area (Å²) in [6, 6.07) is 3.55. The van der Waals surface area contributed by atoms with E-state index < -0.39 is 12.8 Å². The van der Waals surface area contributed by atoms with Crippen LogP contribution < -0.4 is 5.32 Å². The maximum Gasteiger partial charge on any atom is 0.411 e. The molecule has 0 aliphatic rings. The fourth-order valence-electron chi connectivity index (χ4n) is 2.85. The zero-order valence-corrected chi connectivity index (χ0v) is 16.0. The molecule has 154 valence electrons. The summed E-state index contributed by atoms with van der Waals surface area (Å²) in [6.45, 7) is 2.96. The van der Waals surface area contributed by atoms with E-state index in [0.717, 1.165) is 11.1 Å². The number of fused-ring (bicyclic) bond motifs is 1. The minimum Gasteiger partial charge on any atom is -0.366 e. The molecule has 0 fully saturated rings. The molecule has 0 aliphatic carbocycles. The molecule has 3 aromatic heterocycles. The van der Waals surface area contributed by atoms with Crippen LogP contribution in [-0.4, -0.2) is 45.0 Å². The highest BCUT2D eigenvalue weighted by atomic mass is 19.4. The number of carbonyl (C=O) groups excluding carboxylic acids is 1. The standard InChI is InChI=1S/C19H20F3N5O2/c1-3-23-18(28)17-14-9-27(26-15(14)4-5-24-17)8-13-6-12(2)16(25-7-13)10-29-11-19(20,21)22/h4-7,9H,3,8,10-11H2,1-2H3,(H,23,28). The predicted molar refractivity (Wildman–Crippen MR) is 99.3 cm³/mol. The predicted octanol–water partition coefficient (Wildman–Crippen LogP) is 3.01. The Kier molecular flexibility index (Phi) is 6.12. The summed E-state index contributed by atoms with van der Waals surface area (Å²) in [5, 5.41) is 7.82. The van der Waals surface area contributed by atoms with Gasteiger partial charge in [0.25, 0.3) is 5.91 Å². The van der Waals surface area contributed by atoms with Crippen LogP contribution in [0, 0.1) is 6.92 Å². The van der Waals surface area contributed by atoms with E-state index in [-0.39, 0.29) is 12.5 Å². The topological polar surface area (TPSA) is 81.9 Å². The van der Waals surface area contributed by atoms with Gasteiger partial charge in [-0.05, 0) is 31.0 Å². The Labute approximate surface area is 164 Å². The molecular weight excluding hydrogens is 387 g/mol. The molecule has 0 unspecified atom stereocenters. The molecule has 0 saturated carbocycles. The number of aryl methyl sites for hydroxylation is 1. The molecule has 1 amide bonds. The first-order valence-corrected chi connectivity index (χ1v) is 8.96. The van der Waals surface area contributed by atoms with Crippen molar-refractivity contribution in [2.75, 3.05) is 13.2 Å². The molecule has 0 bridgehead atoms. The summed E-state index contributed by atoms with van der Waals surface area (Å²) in [5.74, 6) is -0.265. The number of nitrogens with zero attached hydrogens (tertiary/aromatic N) is 4. The van der Waals surface area contributed by atoms with Crippen molar-refractivity contribution in [1.29, 1.82) is 0 Å². The second-order valence-corrected chi connectivity index (χ2v) is 6.49. The Morgan fingerprint density at radius 3 is 2.79 bits per heavy atom. The van der Waals surface area contributed by atoms with Crippen LogP contribution in [0.1, 0.15) is 34.2 Å². The summed E-state index contributed by atoms with van der Waals surface area (Å²) in [5.41, 5.74) is 2.95. The lowest BCUT2D eigenvalue weighted by Gasteiger charge is -2.10. The molecule has 0 spiro atoms. The second kappa shape index (κ2) is 8.56.